The van der Waals surface area contributed by atoms with Gasteiger partial charge in [0.1, 0.15) is 11.6 Å². The molecule has 2 aromatic carbocycles. The monoisotopic (exact) mass is 414 g/mol. The zero-order valence-corrected chi connectivity index (χ0v) is 16.5. The summed E-state index contributed by atoms with van der Waals surface area (Å²) in [6.07, 6.45) is 1.54. The zero-order chi connectivity index (χ0) is 20.8. The van der Waals surface area contributed by atoms with Crippen molar-refractivity contribution >= 4 is 34.9 Å². The maximum absolute atomic E-state index is 13.0. The highest BCUT2D eigenvalue weighted by Gasteiger charge is 2.34. The fraction of sp³-hybridized carbons (Fsp3) is 0.190. The SMILES string of the molecule is CCOc1ccc(C(=O)NCCN2C(=O)S/C(=C\c3ccc(F)cc3)C2=O)cc1. The number of ether oxygens (including phenoxy) is 1. The minimum atomic E-state index is -0.431. The predicted octanol–water partition coefficient (Wildman–Crippen LogP) is 3.69. The molecule has 0 radical (unpaired) electrons. The number of carbonyl (C=O) groups excluding carboxylic acids is 3. The number of amides is 3. The second-order valence-corrected chi connectivity index (χ2v) is 7.09. The second-order valence-electron chi connectivity index (χ2n) is 6.10. The number of benzene rings is 2. The lowest BCUT2D eigenvalue weighted by Crippen LogP contribution is -2.37. The van der Waals surface area contributed by atoms with Crippen molar-refractivity contribution in [2.45, 2.75) is 6.92 Å². The van der Waals surface area contributed by atoms with Gasteiger partial charge in [-0.1, -0.05) is 12.1 Å². The van der Waals surface area contributed by atoms with Crippen molar-refractivity contribution in [3.63, 3.8) is 0 Å². The van der Waals surface area contributed by atoms with Gasteiger partial charge in [0.15, 0.2) is 0 Å². The number of nitrogens with zero attached hydrogens (tertiary/aromatic N) is 1. The van der Waals surface area contributed by atoms with Gasteiger partial charge in [-0.25, -0.2) is 4.39 Å². The Balaban J connectivity index is 1.55. The van der Waals surface area contributed by atoms with Crippen molar-refractivity contribution in [3.05, 3.63) is 70.4 Å². The number of imide groups is 1. The molecular formula is C21H19FN2O4S. The summed E-state index contributed by atoms with van der Waals surface area (Å²) in [5.41, 5.74) is 1.08. The summed E-state index contributed by atoms with van der Waals surface area (Å²) in [5.74, 6) is -0.435. The third-order valence-electron chi connectivity index (χ3n) is 4.09. The lowest BCUT2D eigenvalue weighted by Gasteiger charge is -2.13. The Morgan fingerprint density at radius 2 is 1.83 bits per heavy atom. The van der Waals surface area contributed by atoms with Crippen LogP contribution < -0.4 is 10.1 Å². The third kappa shape index (κ3) is 5.23. The number of carbonyl (C=O) groups is 3. The van der Waals surface area contributed by atoms with E-state index in [2.05, 4.69) is 5.32 Å². The van der Waals surface area contributed by atoms with Gasteiger partial charge >= 0.3 is 0 Å². The van der Waals surface area contributed by atoms with Crippen LogP contribution in [0.5, 0.6) is 5.75 Å². The van der Waals surface area contributed by atoms with Crippen LogP contribution in [0.25, 0.3) is 6.08 Å². The molecule has 1 fully saturated rings. The molecule has 29 heavy (non-hydrogen) atoms. The molecule has 0 spiro atoms. The molecule has 2 aromatic rings. The number of thioether (sulfide) groups is 1. The molecule has 3 rings (SSSR count). The van der Waals surface area contributed by atoms with Gasteiger partial charge in [-0.2, -0.15) is 0 Å². The molecule has 6 nitrogen and oxygen atoms in total. The van der Waals surface area contributed by atoms with Crippen LogP contribution in [0.15, 0.2) is 53.4 Å². The molecule has 1 aliphatic heterocycles. The molecular weight excluding hydrogens is 395 g/mol. The van der Waals surface area contributed by atoms with Gasteiger partial charge in [0.05, 0.1) is 11.5 Å². The first-order valence-electron chi connectivity index (χ1n) is 9.00. The van der Waals surface area contributed by atoms with Crippen LogP contribution in [0.3, 0.4) is 0 Å². The summed E-state index contributed by atoms with van der Waals surface area (Å²) in [5, 5.41) is 2.29. The van der Waals surface area contributed by atoms with Crippen molar-refractivity contribution < 1.29 is 23.5 Å². The van der Waals surface area contributed by atoms with E-state index in [1.54, 1.807) is 30.3 Å². The first kappa shape index (κ1) is 20.6. The molecule has 1 saturated heterocycles. The molecule has 150 valence electrons. The number of hydrogen-bond acceptors (Lipinski definition) is 5. The van der Waals surface area contributed by atoms with E-state index < -0.39 is 11.1 Å². The van der Waals surface area contributed by atoms with Crippen LogP contribution in [0, 0.1) is 5.82 Å². The van der Waals surface area contributed by atoms with Crippen molar-refractivity contribution in [1.82, 2.24) is 10.2 Å². The van der Waals surface area contributed by atoms with Crippen molar-refractivity contribution in [2.24, 2.45) is 0 Å². The van der Waals surface area contributed by atoms with Gasteiger partial charge in [0.2, 0.25) is 0 Å². The summed E-state index contributed by atoms with van der Waals surface area (Å²) < 4.78 is 18.3. The Morgan fingerprint density at radius 3 is 2.48 bits per heavy atom. The molecule has 8 heteroatoms. The largest absolute Gasteiger partial charge is 0.494 e. The first-order chi connectivity index (χ1) is 14.0. The topological polar surface area (TPSA) is 75.7 Å². The summed E-state index contributed by atoms with van der Waals surface area (Å²) >= 11 is 0.820. The Bertz CT molecular complexity index is 942. The maximum Gasteiger partial charge on any atom is 0.293 e. The Kier molecular flexibility index (Phi) is 6.66. The number of rotatable bonds is 7. The van der Waals surface area contributed by atoms with Gasteiger partial charge in [0.25, 0.3) is 17.1 Å². The Morgan fingerprint density at radius 1 is 1.14 bits per heavy atom. The lowest BCUT2D eigenvalue weighted by atomic mass is 10.2. The van der Waals surface area contributed by atoms with Crippen LogP contribution in [-0.4, -0.2) is 41.6 Å². The highest BCUT2D eigenvalue weighted by molar-refractivity contribution is 8.18. The highest BCUT2D eigenvalue weighted by Crippen LogP contribution is 2.31. The van der Waals surface area contributed by atoms with Gasteiger partial charge in [-0.05, 0) is 66.7 Å². The fourth-order valence-corrected chi connectivity index (χ4v) is 3.52. The fourth-order valence-electron chi connectivity index (χ4n) is 2.66. The van der Waals surface area contributed by atoms with E-state index in [-0.39, 0.29) is 29.7 Å². The van der Waals surface area contributed by atoms with Crippen LogP contribution >= 0.6 is 11.8 Å². The average molecular weight is 414 g/mol. The summed E-state index contributed by atoms with van der Waals surface area (Å²) in [6.45, 7) is 2.61. The molecule has 3 amide bonds. The van der Waals surface area contributed by atoms with E-state index in [4.69, 9.17) is 4.74 Å². The molecule has 0 unspecified atom stereocenters. The molecule has 0 aliphatic carbocycles. The normalized spacial score (nSPS) is 15.1. The Hall–Kier alpha value is -3.13. The third-order valence-corrected chi connectivity index (χ3v) is 5.00. The van der Waals surface area contributed by atoms with Gasteiger partial charge in [-0.15, -0.1) is 0 Å². The minimum absolute atomic E-state index is 0.0637. The van der Waals surface area contributed by atoms with Crippen LogP contribution in [-0.2, 0) is 4.79 Å². The molecule has 0 atom stereocenters. The van der Waals surface area contributed by atoms with E-state index in [9.17, 15) is 18.8 Å². The van der Waals surface area contributed by atoms with E-state index in [0.717, 1.165) is 16.7 Å². The van der Waals surface area contributed by atoms with Crippen molar-refractivity contribution in [1.29, 1.82) is 0 Å². The number of halogens is 1. The minimum Gasteiger partial charge on any atom is -0.494 e. The smallest absolute Gasteiger partial charge is 0.293 e. The first-order valence-corrected chi connectivity index (χ1v) is 9.81. The molecule has 1 aliphatic rings. The van der Waals surface area contributed by atoms with Gasteiger partial charge < -0.3 is 10.1 Å². The second kappa shape index (κ2) is 9.38. The van der Waals surface area contributed by atoms with Gasteiger partial charge in [-0.3, -0.25) is 19.3 Å². The van der Waals surface area contributed by atoms with Crippen molar-refractivity contribution in [3.8, 4) is 5.75 Å². The standard InChI is InChI=1S/C21H19FN2O4S/c1-2-28-17-9-5-15(6-10-17)19(25)23-11-12-24-20(26)18(29-21(24)27)13-14-3-7-16(22)8-4-14/h3-10,13H,2,11-12H2,1H3,(H,23,25)/b18-13-. The van der Waals surface area contributed by atoms with E-state index in [1.165, 1.54) is 24.3 Å². The quantitative estimate of drug-likeness (QED) is 0.700. The summed E-state index contributed by atoms with van der Waals surface area (Å²) in [6, 6.07) is 12.3. The molecule has 0 saturated carbocycles. The van der Waals surface area contributed by atoms with E-state index >= 15 is 0 Å². The summed E-state index contributed by atoms with van der Waals surface area (Å²) in [4.78, 5) is 38.1. The Labute approximate surface area is 171 Å². The number of nitrogens with one attached hydrogen (secondary N) is 1. The van der Waals surface area contributed by atoms with Crippen LogP contribution in [0.4, 0.5) is 9.18 Å². The molecule has 1 heterocycles. The van der Waals surface area contributed by atoms with E-state index in [0.29, 0.717) is 23.5 Å². The predicted molar refractivity (Wildman–Crippen MR) is 109 cm³/mol. The maximum atomic E-state index is 13.0. The molecule has 0 bridgehead atoms. The van der Waals surface area contributed by atoms with Crippen molar-refractivity contribution in [2.75, 3.05) is 19.7 Å². The highest BCUT2D eigenvalue weighted by atomic mass is 32.2. The van der Waals surface area contributed by atoms with Gasteiger partial charge in [0, 0.05) is 18.7 Å². The average Bonchev–Trinajstić information content (AvgIpc) is 2.98. The van der Waals surface area contributed by atoms with E-state index in [1.807, 2.05) is 6.92 Å². The zero-order valence-electron chi connectivity index (χ0n) is 15.7. The van der Waals surface area contributed by atoms with Crippen LogP contribution in [0.2, 0.25) is 0 Å². The lowest BCUT2D eigenvalue weighted by molar-refractivity contribution is -0.122. The molecule has 0 aromatic heterocycles. The summed E-state index contributed by atoms with van der Waals surface area (Å²) in [7, 11) is 0. The molecule has 1 N–H and O–H groups in total. The van der Waals surface area contributed by atoms with Crippen LogP contribution in [0.1, 0.15) is 22.8 Å². The number of hydrogen-bond donors (Lipinski definition) is 1.